The first-order chi connectivity index (χ1) is 68.1. The van der Waals surface area contributed by atoms with E-state index in [1.165, 1.54) is 285 Å². The summed E-state index contributed by atoms with van der Waals surface area (Å²) < 4.78 is 184. The fourth-order valence-corrected chi connectivity index (χ4v) is 13.5. The van der Waals surface area contributed by atoms with Gasteiger partial charge in [0.05, 0.1) is 31.9 Å². The highest BCUT2D eigenvalue weighted by atomic mass is 32.2. The molecule has 0 aliphatic carbocycles. The first-order valence-corrected chi connectivity index (χ1v) is 60.8. The van der Waals surface area contributed by atoms with Gasteiger partial charge < -0.3 is 46.8 Å². The number of nitrogens with one attached hydrogen (secondary N) is 3. The van der Waals surface area contributed by atoms with Crippen molar-refractivity contribution in [3.05, 3.63) is 195 Å². The molecule has 1 heterocycles. The van der Waals surface area contributed by atoms with Gasteiger partial charge in [-0.15, -0.1) is 11.3 Å². The molecule has 0 saturated carbocycles. The number of unbranched alkanes of at least 4 members (excludes halogenated alkanes) is 24. The molecular formula is C115H191F4N3O15S8-6. The number of aryl methyl sites for hydroxylation is 6. The zero-order valence-corrected chi connectivity index (χ0v) is 100. The third-order valence-electron chi connectivity index (χ3n) is 21.4. The second-order valence-electron chi connectivity index (χ2n) is 39.9. The SMILES string of the molecule is CC(C)(C)S(=O)[O-].CC(C)(C)S(=O)[O-].CC(C)(C)S(=O)[O-].CC(C)(C)S(=O)[O-].CC(C)S(=O)[O-].CC(C)S(=O)[O-].CCCCCCCC(=N)SC(=N)c1ccc(F)cc1.CCCCCCCc1cc(OC)c(OC)c(OC)c1.CCCCCCCc1ccc(C(F)(F)F)cc1.CCCCCCCc1ccc(CCCC)cc1.CCCCCCCc1ccc2sccc2c1.CCCCCNCc1ccc(CCCC)cc1. The summed E-state index contributed by atoms with van der Waals surface area (Å²) in [5, 5.41) is 23.2. The van der Waals surface area contributed by atoms with Crippen LogP contribution in [-0.2, 0) is 118 Å². The van der Waals surface area contributed by atoms with E-state index in [0.29, 0.717) is 21.4 Å². The van der Waals surface area contributed by atoms with Crippen molar-refractivity contribution < 1.29 is 84.3 Å². The molecule has 0 radical (unpaired) electrons. The minimum Gasteiger partial charge on any atom is -0.772 e. The van der Waals surface area contributed by atoms with E-state index >= 15 is 0 Å². The average molecular weight is 2190 g/mol. The van der Waals surface area contributed by atoms with Gasteiger partial charge in [-0.1, -0.05) is 344 Å². The molecule has 30 heteroatoms. The van der Waals surface area contributed by atoms with Gasteiger partial charge in [0.1, 0.15) is 10.9 Å². The lowest BCUT2D eigenvalue weighted by molar-refractivity contribution is -0.137. The number of ether oxygens (including phenoxy) is 3. The molecule has 1 aromatic heterocycles. The molecule has 0 amide bonds. The van der Waals surface area contributed by atoms with E-state index in [4.69, 9.17) is 25.0 Å². The van der Waals surface area contributed by atoms with Crippen LogP contribution in [0.1, 0.15) is 428 Å². The fraction of sp³-hybridized carbons (Fsp3) is 0.652. The standard InChI is InChI=1S/C17H28.C16H27N.C16H26O3.C15H21FN2S.C15H20S.C14H19F3.4C4H10O2S.2C3H8O2S/c1-3-5-7-8-9-11-17-14-12-16(13-15-17)10-6-4-2;1-3-5-7-13-17-14-16-11-9-15(10-12-16)8-6-4-2;1-5-6-7-8-9-10-13-11-14(17-2)16(19-4)15(12-13)18-3;1-2-3-4-5-6-7-14(17)19-15(18)12-8-10-13(16)11-9-12;1-2-3-4-5-6-7-13-8-9-15-14(12-13)10-11-16-15;1-2-3-4-5-6-7-12-8-10-13(11-9-12)14(15,16)17;4*1-4(2,3)7(5)6;2*1-3(2)6(4)5/h12-15H,3-11H2,1-2H3;9-12,17H,3-8,13-14H2,1-2H3;11-12H,5-10H2,1-4H3;8-11,17-18H,2-7H2,1H3;8-12H,2-7H2,1H3;8-11H,2-7H2,1H3;4*1-3H3,(H,5,6);2*3H,1-2H3,(H,4,5)/p-6. The molecule has 6 aromatic carbocycles. The zero-order chi connectivity index (χ0) is 111. The summed E-state index contributed by atoms with van der Waals surface area (Å²) in [7, 11) is 4.94. The third-order valence-corrected chi connectivity index (χ3v) is 28.7. The summed E-state index contributed by atoms with van der Waals surface area (Å²) in [6.07, 6.45) is 44.5. The van der Waals surface area contributed by atoms with Crippen LogP contribution in [0.5, 0.6) is 17.2 Å². The van der Waals surface area contributed by atoms with Gasteiger partial charge in [-0.05, 0) is 341 Å². The quantitative estimate of drug-likeness (QED) is 0.0105. The van der Waals surface area contributed by atoms with Crippen molar-refractivity contribution in [2.45, 2.75) is 459 Å². The average Bonchev–Trinajstić information content (AvgIpc) is 1.75. The van der Waals surface area contributed by atoms with Gasteiger partial charge in [-0.3, -0.25) is 36.1 Å². The first kappa shape index (κ1) is 148. The predicted octanol–water partition coefficient (Wildman–Crippen LogP) is 33.1. The second kappa shape index (κ2) is 91.3. The van der Waals surface area contributed by atoms with Gasteiger partial charge in [-0.25, -0.2) is 4.39 Å². The van der Waals surface area contributed by atoms with Crippen molar-refractivity contribution in [2.75, 3.05) is 27.9 Å². The maximum atomic E-state index is 12.8. The van der Waals surface area contributed by atoms with E-state index < -0.39 is 97.2 Å². The highest BCUT2D eigenvalue weighted by Crippen LogP contribution is 2.39. The Morgan fingerprint density at radius 3 is 0.952 bits per heavy atom. The van der Waals surface area contributed by atoms with E-state index in [1.807, 2.05) is 23.5 Å². The smallest absolute Gasteiger partial charge is 0.416 e. The number of benzene rings is 6. The molecule has 7 rings (SSSR count). The third kappa shape index (κ3) is 87.9. The van der Waals surface area contributed by atoms with Crippen LogP contribution < -0.4 is 19.5 Å². The molecule has 0 spiro atoms. The van der Waals surface area contributed by atoms with Crippen LogP contribution in [0.15, 0.2) is 139 Å². The minimum absolute atomic E-state index is 0.231. The first-order valence-electron chi connectivity index (χ1n) is 52.5. The number of hydrogen-bond acceptors (Lipinski definition) is 20. The molecule has 838 valence electrons. The summed E-state index contributed by atoms with van der Waals surface area (Å²) in [4.78, 5) is 0. The molecule has 6 atom stereocenters. The van der Waals surface area contributed by atoms with E-state index in [9.17, 15) is 70.1 Å². The Hall–Kier alpha value is -5.29. The molecule has 7 aromatic rings. The summed E-state index contributed by atoms with van der Waals surface area (Å²) in [5.41, 5.74) is 9.74. The Balaban J connectivity index is -0.000000503. The van der Waals surface area contributed by atoms with Gasteiger partial charge >= 0.3 is 6.18 Å². The van der Waals surface area contributed by atoms with E-state index in [1.54, 1.807) is 156 Å². The highest BCUT2D eigenvalue weighted by molar-refractivity contribution is 8.26. The second-order valence-corrected chi connectivity index (χ2v) is 51.7. The molecule has 18 nitrogen and oxygen atoms in total. The maximum absolute atomic E-state index is 12.8. The number of thioether (sulfide) groups is 1. The van der Waals surface area contributed by atoms with Gasteiger partial charge in [-0.2, -0.15) is 13.2 Å². The largest absolute Gasteiger partial charge is 0.772 e. The van der Waals surface area contributed by atoms with Crippen LogP contribution in [0, 0.1) is 16.6 Å². The molecular weight excluding hydrogens is 2000 g/mol. The Labute approximate surface area is 902 Å². The molecule has 0 aliphatic rings. The van der Waals surface area contributed by atoms with Gasteiger partial charge in [0.15, 0.2) is 11.5 Å². The van der Waals surface area contributed by atoms with Crippen LogP contribution in [0.4, 0.5) is 17.6 Å². The van der Waals surface area contributed by atoms with Crippen LogP contribution in [0.2, 0.25) is 0 Å². The number of thiophene rings is 1. The monoisotopic (exact) mass is 2190 g/mol. The number of halogens is 4. The Morgan fingerprint density at radius 1 is 0.366 bits per heavy atom. The number of rotatable bonds is 48. The summed E-state index contributed by atoms with van der Waals surface area (Å²) in [5.74, 6) is 1.85. The summed E-state index contributed by atoms with van der Waals surface area (Å²) in [6.45, 7) is 46.3. The number of hydrogen-bond donors (Lipinski definition) is 3. The van der Waals surface area contributed by atoms with Crippen molar-refractivity contribution in [3.8, 4) is 17.2 Å². The van der Waals surface area contributed by atoms with Crippen molar-refractivity contribution in [2.24, 2.45) is 0 Å². The topological polar surface area (TPSA) is 328 Å². The van der Waals surface area contributed by atoms with Gasteiger partial charge in [0, 0.05) is 46.3 Å². The zero-order valence-electron chi connectivity index (χ0n) is 93.8. The lowest BCUT2D eigenvalue weighted by Gasteiger charge is -2.20. The van der Waals surface area contributed by atoms with E-state index in [0.717, 1.165) is 75.1 Å². The summed E-state index contributed by atoms with van der Waals surface area (Å²) >= 11 is -8.47. The fourth-order valence-electron chi connectivity index (χ4n) is 12.0. The molecule has 145 heavy (non-hydrogen) atoms. The summed E-state index contributed by atoms with van der Waals surface area (Å²) in [6, 6.07) is 42.9. The van der Waals surface area contributed by atoms with Crippen molar-refractivity contribution in [1.82, 2.24) is 5.32 Å². The molecule has 0 saturated heterocycles. The minimum atomic E-state index is -4.22. The molecule has 0 bridgehead atoms. The molecule has 0 aliphatic heterocycles. The van der Waals surface area contributed by atoms with Crippen molar-refractivity contribution in [1.29, 1.82) is 10.8 Å². The van der Waals surface area contributed by atoms with Crippen LogP contribution in [-0.4, -0.2) is 120 Å². The van der Waals surface area contributed by atoms with Crippen LogP contribution in [0.25, 0.3) is 10.1 Å². The predicted molar refractivity (Wildman–Crippen MR) is 615 cm³/mol. The Morgan fingerprint density at radius 2 is 0.648 bits per heavy atom. The molecule has 0 fully saturated rings. The van der Waals surface area contributed by atoms with Crippen molar-refractivity contribution in [3.63, 3.8) is 0 Å². The Bertz CT molecular complexity index is 4260. The molecule has 3 N–H and O–H groups in total. The highest BCUT2D eigenvalue weighted by Gasteiger charge is 2.30. The van der Waals surface area contributed by atoms with Gasteiger partial charge in [0.25, 0.3) is 0 Å². The van der Waals surface area contributed by atoms with Gasteiger partial charge in [0.2, 0.25) is 5.75 Å². The van der Waals surface area contributed by atoms with Crippen molar-refractivity contribution >= 4 is 110 Å². The van der Waals surface area contributed by atoms with Crippen LogP contribution >= 0.6 is 23.1 Å². The lowest BCUT2D eigenvalue weighted by atomic mass is 10.0. The lowest BCUT2D eigenvalue weighted by Crippen LogP contribution is -2.20. The number of fused-ring (bicyclic) bond motifs is 1. The number of methoxy groups -OCH3 is 3. The number of alkyl halides is 3. The van der Waals surface area contributed by atoms with E-state index in [2.05, 4.69) is 139 Å². The normalized spacial score (nSPS) is 12.3. The van der Waals surface area contributed by atoms with Crippen LogP contribution in [0.3, 0.4) is 0 Å². The maximum Gasteiger partial charge on any atom is 0.416 e. The van der Waals surface area contributed by atoms with E-state index in [-0.39, 0.29) is 16.3 Å². The molecule has 6 unspecified atom stereocenters. The Kier molecular flexibility index (Phi) is 93.3.